The first-order valence-electron chi connectivity index (χ1n) is 5.59. The monoisotopic (exact) mass is 255 g/mol. The van der Waals surface area contributed by atoms with E-state index in [0.717, 1.165) is 0 Å². The fourth-order valence-corrected chi connectivity index (χ4v) is 2.23. The first-order valence-corrected chi connectivity index (χ1v) is 5.59. The number of hydrogen-bond donors (Lipinski definition) is 3. The molecule has 2 aromatic carbocycles. The normalized spacial score (nSPS) is 10.9. The summed E-state index contributed by atoms with van der Waals surface area (Å²) < 4.78 is 0. The average molecular weight is 255 g/mol. The highest BCUT2D eigenvalue weighted by Crippen LogP contribution is 2.28. The van der Waals surface area contributed by atoms with Gasteiger partial charge in [-0.25, -0.2) is 9.59 Å². The lowest BCUT2D eigenvalue weighted by atomic mass is 10.1. The molecular formula is C14H9NO4. The van der Waals surface area contributed by atoms with Gasteiger partial charge in [0.05, 0.1) is 16.6 Å². The largest absolute Gasteiger partial charge is 0.478 e. The van der Waals surface area contributed by atoms with Gasteiger partial charge in [0.1, 0.15) is 0 Å². The number of aromatic amines is 1. The molecule has 5 nitrogen and oxygen atoms in total. The van der Waals surface area contributed by atoms with Crippen molar-refractivity contribution in [1.82, 2.24) is 4.98 Å². The van der Waals surface area contributed by atoms with Crippen LogP contribution >= 0.6 is 0 Å². The Morgan fingerprint density at radius 1 is 0.947 bits per heavy atom. The molecule has 0 saturated heterocycles. The summed E-state index contributed by atoms with van der Waals surface area (Å²) >= 11 is 0. The van der Waals surface area contributed by atoms with E-state index in [-0.39, 0.29) is 11.1 Å². The molecule has 0 radical (unpaired) electrons. The average Bonchev–Trinajstić information content (AvgIpc) is 2.75. The van der Waals surface area contributed by atoms with Crippen molar-refractivity contribution in [3.8, 4) is 0 Å². The molecular weight excluding hydrogens is 246 g/mol. The van der Waals surface area contributed by atoms with Gasteiger partial charge in [-0.05, 0) is 24.3 Å². The van der Waals surface area contributed by atoms with Crippen molar-refractivity contribution in [2.24, 2.45) is 0 Å². The lowest BCUT2D eigenvalue weighted by Gasteiger charge is -1.96. The summed E-state index contributed by atoms with van der Waals surface area (Å²) in [6.45, 7) is 0. The minimum atomic E-state index is -1.02. The first-order chi connectivity index (χ1) is 9.08. The van der Waals surface area contributed by atoms with E-state index in [1.165, 1.54) is 12.1 Å². The molecule has 0 amide bonds. The Bertz CT molecular complexity index is 832. The van der Waals surface area contributed by atoms with Crippen LogP contribution in [-0.2, 0) is 0 Å². The van der Waals surface area contributed by atoms with E-state index in [9.17, 15) is 9.59 Å². The Morgan fingerprint density at radius 2 is 1.74 bits per heavy atom. The molecule has 0 aliphatic carbocycles. The molecule has 0 atom stereocenters. The summed E-state index contributed by atoms with van der Waals surface area (Å²) in [7, 11) is 0. The second-order valence-corrected chi connectivity index (χ2v) is 4.22. The molecule has 0 unspecified atom stereocenters. The molecule has 3 aromatic rings. The van der Waals surface area contributed by atoms with E-state index >= 15 is 0 Å². The molecule has 0 aliphatic rings. The zero-order valence-corrected chi connectivity index (χ0v) is 9.68. The van der Waals surface area contributed by atoms with Crippen LogP contribution in [0.15, 0.2) is 36.4 Å². The number of fused-ring (bicyclic) bond motifs is 3. The maximum absolute atomic E-state index is 11.2. The van der Waals surface area contributed by atoms with Crippen molar-refractivity contribution in [3.63, 3.8) is 0 Å². The van der Waals surface area contributed by atoms with E-state index in [4.69, 9.17) is 10.2 Å². The van der Waals surface area contributed by atoms with Crippen molar-refractivity contribution in [2.75, 3.05) is 0 Å². The molecule has 19 heavy (non-hydrogen) atoms. The Balaban J connectivity index is 2.43. The summed E-state index contributed by atoms with van der Waals surface area (Å²) in [4.78, 5) is 25.1. The number of carboxylic acid groups (broad SMARTS) is 2. The fourth-order valence-electron chi connectivity index (χ4n) is 2.23. The van der Waals surface area contributed by atoms with E-state index in [0.29, 0.717) is 21.8 Å². The molecule has 0 aliphatic heterocycles. The minimum absolute atomic E-state index is 0.172. The third kappa shape index (κ3) is 1.63. The first kappa shape index (κ1) is 11.3. The number of carboxylic acids is 2. The van der Waals surface area contributed by atoms with Crippen molar-refractivity contribution in [1.29, 1.82) is 0 Å². The van der Waals surface area contributed by atoms with Crippen LogP contribution in [0, 0.1) is 0 Å². The number of hydrogen-bond acceptors (Lipinski definition) is 2. The van der Waals surface area contributed by atoms with Gasteiger partial charge in [0.25, 0.3) is 0 Å². The number of H-pyrrole nitrogens is 1. The number of rotatable bonds is 2. The van der Waals surface area contributed by atoms with E-state index in [2.05, 4.69) is 4.98 Å². The number of aromatic nitrogens is 1. The molecule has 0 fully saturated rings. The van der Waals surface area contributed by atoms with Crippen LogP contribution in [0.25, 0.3) is 21.8 Å². The lowest BCUT2D eigenvalue weighted by Crippen LogP contribution is -1.96. The van der Waals surface area contributed by atoms with Gasteiger partial charge in [-0.15, -0.1) is 0 Å². The molecule has 1 heterocycles. The van der Waals surface area contributed by atoms with Gasteiger partial charge >= 0.3 is 11.9 Å². The van der Waals surface area contributed by atoms with E-state index in [1.807, 2.05) is 0 Å². The summed E-state index contributed by atoms with van der Waals surface area (Å²) in [6, 6.07) is 9.60. The van der Waals surface area contributed by atoms with Crippen LogP contribution in [0.5, 0.6) is 0 Å². The molecule has 94 valence electrons. The van der Waals surface area contributed by atoms with Crippen LogP contribution in [0.4, 0.5) is 0 Å². The van der Waals surface area contributed by atoms with Crippen LogP contribution in [-0.4, -0.2) is 27.1 Å². The zero-order chi connectivity index (χ0) is 13.6. The number of aromatic carboxylic acids is 2. The van der Waals surface area contributed by atoms with Gasteiger partial charge in [0.2, 0.25) is 0 Å². The zero-order valence-electron chi connectivity index (χ0n) is 9.68. The van der Waals surface area contributed by atoms with Crippen LogP contribution < -0.4 is 0 Å². The standard InChI is InChI=1S/C14H9NO4/c16-13(17)7-4-5-11-10(6-7)8-2-1-3-9(14(18)19)12(8)15-11/h1-6,15H,(H,16,17)(H,18,19). The Hall–Kier alpha value is -2.82. The van der Waals surface area contributed by atoms with Gasteiger partial charge < -0.3 is 15.2 Å². The minimum Gasteiger partial charge on any atom is -0.478 e. The highest BCUT2D eigenvalue weighted by Gasteiger charge is 2.13. The molecule has 0 spiro atoms. The summed E-state index contributed by atoms with van der Waals surface area (Å²) in [5, 5.41) is 19.5. The highest BCUT2D eigenvalue weighted by molar-refractivity contribution is 6.14. The molecule has 3 rings (SSSR count). The van der Waals surface area contributed by atoms with Crippen LogP contribution in [0.1, 0.15) is 20.7 Å². The van der Waals surface area contributed by atoms with Gasteiger partial charge in [-0.1, -0.05) is 12.1 Å². The highest BCUT2D eigenvalue weighted by atomic mass is 16.4. The summed E-state index contributed by atoms with van der Waals surface area (Å²) in [5.74, 6) is -2.03. The topological polar surface area (TPSA) is 90.4 Å². The van der Waals surface area contributed by atoms with Crippen LogP contribution in [0.3, 0.4) is 0 Å². The van der Waals surface area contributed by atoms with Crippen molar-refractivity contribution < 1.29 is 19.8 Å². The van der Waals surface area contributed by atoms with E-state index < -0.39 is 11.9 Å². The number of nitrogens with one attached hydrogen (secondary N) is 1. The predicted molar refractivity (Wildman–Crippen MR) is 69.7 cm³/mol. The Kier molecular flexibility index (Phi) is 2.28. The quantitative estimate of drug-likeness (QED) is 0.656. The SMILES string of the molecule is O=C(O)c1ccc2[nH]c3c(C(=O)O)cccc3c2c1. The van der Waals surface area contributed by atoms with Gasteiger partial charge in [0, 0.05) is 16.3 Å². The van der Waals surface area contributed by atoms with Crippen molar-refractivity contribution >= 4 is 33.7 Å². The molecule has 0 saturated carbocycles. The molecule has 0 bridgehead atoms. The van der Waals surface area contributed by atoms with Crippen molar-refractivity contribution in [2.45, 2.75) is 0 Å². The van der Waals surface area contributed by atoms with Gasteiger partial charge in [-0.3, -0.25) is 0 Å². The maximum Gasteiger partial charge on any atom is 0.337 e. The number of benzene rings is 2. The van der Waals surface area contributed by atoms with Crippen molar-refractivity contribution in [3.05, 3.63) is 47.5 Å². The van der Waals surface area contributed by atoms with Gasteiger partial charge in [-0.2, -0.15) is 0 Å². The third-order valence-electron chi connectivity index (χ3n) is 3.11. The number of para-hydroxylation sites is 1. The third-order valence-corrected chi connectivity index (χ3v) is 3.11. The Labute approximate surface area is 107 Å². The molecule has 5 heteroatoms. The number of carbonyl (C=O) groups is 2. The Morgan fingerprint density at radius 3 is 2.42 bits per heavy atom. The maximum atomic E-state index is 11.2. The lowest BCUT2D eigenvalue weighted by molar-refractivity contribution is 0.0687. The second-order valence-electron chi connectivity index (χ2n) is 4.22. The second kappa shape index (κ2) is 3.84. The predicted octanol–water partition coefficient (Wildman–Crippen LogP) is 2.72. The smallest absolute Gasteiger partial charge is 0.337 e. The molecule has 3 N–H and O–H groups in total. The molecule has 1 aromatic heterocycles. The van der Waals surface area contributed by atoms with E-state index in [1.54, 1.807) is 24.3 Å². The summed E-state index contributed by atoms with van der Waals surface area (Å²) in [5.41, 5.74) is 1.57. The van der Waals surface area contributed by atoms with Crippen LogP contribution in [0.2, 0.25) is 0 Å². The summed E-state index contributed by atoms with van der Waals surface area (Å²) in [6.07, 6.45) is 0. The fraction of sp³-hybridized carbons (Fsp3) is 0. The van der Waals surface area contributed by atoms with Gasteiger partial charge in [0.15, 0.2) is 0 Å².